The van der Waals surface area contributed by atoms with Crippen LogP contribution in [0.4, 0.5) is 0 Å². The van der Waals surface area contributed by atoms with Gasteiger partial charge in [0.05, 0.1) is 5.92 Å². The van der Waals surface area contributed by atoms with Gasteiger partial charge >= 0.3 is 5.97 Å². The molecule has 0 radical (unpaired) electrons. The standard InChI is InChI=1S/C12H23NO2/c14-12(15)11-7-3-1-5-9-13-10-6-2-4-8-11/h11,13H,1-10H2,(H,14,15). The van der Waals surface area contributed by atoms with Crippen molar-refractivity contribution in [1.82, 2.24) is 5.32 Å². The van der Waals surface area contributed by atoms with Crippen molar-refractivity contribution in [1.29, 1.82) is 0 Å². The van der Waals surface area contributed by atoms with Crippen LogP contribution in [0.15, 0.2) is 0 Å². The van der Waals surface area contributed by atoms with E-state index < -0.39 is 5.97 Å². The Morgan fingerprint density at radius 3 is 1.93 bits per heavy atom. The van der Waals surface area contributed by atoms with E-state index in [0.29, 0.717) is 0 Å². The van der Waals surface area contributed by atoms with Gasteiger partial charge in [-0.25, -0.2) is 0 Å². The molecule has 1 fully saturated rings. The van der Waals surface area contributed by atoms with Crippen LogP contribution in [0.2, 0.25) is 0 Å². The highest BCUT2D eigenvalue weighted by Crippen LogP contribution is 2.18. The SMILES string of the molecule is O=C(O)C1CCCCCNCCCCC1. The molecule has 1 aliphatic heterocycles. The van der Waals surface area contributed by atoms with Crippen LogP contribution >= 0.6 is 0 Å². The molecule has 0 unspecified atom stereocenters. The first-order valence-corrected chi connectivity index (χ1v) is 6.24. The molecule has 1 heterocycles. The minimum Gasteiger partial charge on any atom is -0.481 e. The van der Waals surface area contributed by atoms with Gasteiger partial charge < -0.3 is 10.4 Å². The third kappa shape index (κ3) is 5.78. The van der Waals surface area contributed by atoms with Crippen molar-refractivity contribution < 1.29 is 9.90 Å². The number of rotatable bonds is 1. The van der Waals surface area contributed by atoms with Crippen LogP contribution in [0.5, 0.6) is 0 Å². The fourth-order valence-electron chi connectivity index (χ4n) is 2.15. The quantitative estimate of drug-likeness (QED) is 0.703. The largest absolute Gasteiger partial charge is 0.481 e. The molecule has 1 rings (SSSR count). The summed E-state index contributed by atoms with van der Waals surface area (Å²) in [6, 6.07) is 0. The van der Waals surface area contributed by atoms with Crippen LogP contribution in [0.25, 0.3) is 0 Å². The molecule has 3 nitrogen and oxygen atoms in total. The summed E-state index contributed by atoms with van der Waals surface area (Å²) in [5, 5.41) is 12.5. The average Bonchev–Trinajstić information content (AvgIpc) is 2.18. The molecule has 3 heteroatoms. The van der Waals surface area contributed by atoms with E-state index in [1.54, 1.807) is 0 Å². The van der Waals surface area contributed by atoms with E-state index in [9.17, 15) is 4.79 Å². The Hall–Kier alpha value is -0.570. The van der Waals surface area contributed by atoms with E-state index in [1.807, 2.05) is 0 Å². The number of carbonyl (C=O) groups is 1. The van der Waals surface area contributed by atoms with Gasteiger partial charge in [0.15, 0.2) is 0 Å². The molecule has 0 atom stereocenters. The number of nitrogens with one attached hydrogen (secondary N) is 1. The van der Waals surface area contributed by atoms with Gasteiger partial charge in [-0.2, -0.15) is 0 Å². The monoisotopic (exact) mass is 213 g/mol. The molecule has 88 valence electrons. The maximum atomic E-state index is 11.0. The molecule has 0 saturated carbocycles. The van der Waals surface area contributed by atoms with Crippen LogP contribution in [0.1, 0.15) is 51.4 Å². The summed E-state index contributed by atoms with van der Waals surface area (Å²) < 4.78 is 0. The van der Waals surface area contributed by atoms with E-state index in [4.69, 9.17) is 5.11 Å². The average molecular weight is 213 g/mol. The first kappa shape index (κ1) is 12.5. The Bertz CT molecular complexity index is 170. The molecule has 1 aliphatic rings. The van der Waals surface area contributed by atoms with Crippen LogP contribution < -0.4 is 5.32 Å². The molecule has 0 amide bonds. The van der Waals surface area contributed by atoms with Gasteiger partial charge in [0.2, 0.25) is 0 Å². The van der Waals surface area contributed by atoms with E-state index in [0.717, 1.165) is 51.6 Å². The maximum absolute atomic E-state index is 11.0. The lowest BCUT2D eigenvalue weighted by Crippen LogP contribution is -2.18. The van der Waals surface area contributed by atoms with Gasteiger partial charge in [0.1, 0.15) is 0 Å². The summed E-state index contributed by atoms with van der Waals surface area (Å²) >= 11 is 0. The molecular weight excluding hydrogens is 190 g/mol. The predicted molar refractivity (Wildman–Crippen MR) is 60.9 cm³/mol. The van der Waals surface area contributed by atoms with Gasteiger partial charge in [-0.3, -0.25) is 4.79 Å². The van der Waals surface area contributed by atoms with Crippen LogP contribution in [0, 0.1) is 5.92 Å². The molecule has 0 aromatic carbocycles. The molecular formula is C12H23NO2. The highest BCUT2D eigenvalue weighted by Gasteiger charge is 2.16. The summed E-state index contributed by atoms with van der Waals surface area (Å²) in [5.74, 6) is -0.678. The van der Waals surface area contributed by atoms with Crippen molar-refractivity contribution in [3.05, 3.63) is 0 Å². The molecule has 0 aromatic heterocycles. The molecule has 2 N–H and O–H groups in total. The topological polar surface area (TPSA) is 49.3 Å². The summed E-state index contributed by atoms with van der Waals surface area (Å²) in [5.41, 5.74) is 0. The van der Waals surface area contributed by atoms with Crippen molar-refractivity contribution in [3.8, 4) is 0 Å². The van der Waals surface area contributed by atoms with Crippen LogP contribution in [-0.4, -0.2) is 24.2 Å². The van der Waals surface area contributed by atoms with Crippen molar-refractivity contribution in [2.45, 2.75) is 51.4 Å². The lowest BCUT2D eigenvalue weighted by atomic mass is 9.95. The minimum absolute atomic E-state index is 0.0858. The second-order valence-electron chi connectivity index (χ2n) is 4.48. The minimum atomic E-state index is -0.592. The predicted octanol–water partition coefficient (Wildman–Crippen LogP) is 2.41. The third-order valence-corrected chi connectivity index (χ3v) is 3.16. The second kappa shape index (κ2) is 7.69. The Balaban J connectivity index is 2.28. The third-order valence-electron chi connectivity index (χ3n) is 3.16. The zero-order chi connectivity index (χ0) is 10.9. The Morgan fingerprint density at radius 1 is 0.933 bits per heavy atom. The van der Waals surface area contributed by atoms with Crippen molar-refractivity contribution in [2.24, 2.45) is 5.92 Å². The zero-order valence-corrected chi connectivity index (χ0v) is 9.50. The fourth-order valence-corrected chi connectivity index (χ4v) is 2.15. The number of aliphatic carboxylic acids is 1. The first-order valence-electron chi connectivity index (χ1n) is 6.24. The van der Waals surface area contributed by atoms with Gasteiger partial charge in [0.25, 0.3) is 0 Å². The Labute approximate surface area is 92.3 Å². The molecule has 1 saturated heterocycles. The summed E-state index contributed by atoms with van der Waals surface area (Å²) in [4.78, 5) is 11.0. The van der Waals surface area contributed by atoms with Crippen LogP contribution in [-0.2, 0) is 4.79 Å². The van der Waals surface area contributed by atoms with Crippen molar-refractivity contribution in [3.63, 3.8) is 0 Å². The number of carboxylic acid groups (broad SMARTS) is 1. The van der Waals surface area contributed by atoms with Gasteiger partial charge in [-0.1, -0.05) is 25.7 Å². The highest BCUT2D eigenvalue weighted by molar-refractivity contribution is 5.69. The lowest BCUT2D eigenvalue weighted by molar-refractivity contribution is -0.142. The smallest absolute Gasteiger partial charge is 0.306 e. The van der Waals surface area contributed by atoms with Crippen molar-refractivity contribution >= 4 is 5.97 Å². The van der Waals surface area contributed by atoms with Gasteiger partial charge in [-0.05, 0) is 38.8 Å². The van der Waals surface area contributed by atoms with Gasteiger partial charge in [-0.15, -0.1) is 0 Å². The summed E-state index contributed by atoms with van der Waals surface area (Å²) in [6.07, 6.45) is 8.58. The number of hydrogen-bond donors (Lipinski definition) is 2. The second-order valence-corrected chi connectivity index (χ2v) is 4.48. The van der Waals surface area contributed by atoms with Crippen LogP contribution in [0.3, 0.4) is 0 Å². The summed E-state index contributed by atoms with van der Waals surface area (Å²) in [6.45, 7) is 2.19. The first-order chi connectivity index (χ1) is 7.30. The normalized spacial score (nSPS) is 22.7. The summed E-state index contributed by atoms with van der Waals surface area (Å²) in [7, 11) is 0. The molecule has 0 aromatic rings. The molecule has 0 spiro atoms. The molecule has 15 heavy (non-hydrogen) atoms. The fraction of sp³-hybridized carbons (Fsp3) is 0.917. The molecule has 0 aliphatic carbocycles. The Morgan fingerprint density at radius 2 is 1.47 bits per heavy atom. The van der Waals surface area contributed by atoms with Crippen molar-refractivity contribution in [2.75, 3.05) is 13.1 Å². The number of carboxylic acids is 1. The zero-order valence-electron chi connectivity index (χ0n) is 9.50. The van der Waals surface area contributed by atoms with E-state index in [1.165, 1.54) is 12.8 Å². The van der Waals surface area contributed by atoms with E-state index in [2.05, 4.69) is 5.32 Å². The Kier molecular flexibility index (Phi) is 6.41. The highest BCUT2D eigenvalue weighted by atomic mass is 16.4. The lowest BCUT2D eigenvalue weighted by Gasteiger charge is -2.13. The van der Waals surface area contributed by atoms with E-state index >= 15 is 0 Å². The van der Waals surface area contributed by atoms with Gasteiger partial charge in [0, 0.05) is 0 Å². The molecule has 0 bridgehead atoms. The van der Waals surface area contributed by atoms with E-state index in [-0.39, 0.29) is 5.92 Å². The number of hydrogen-bond acceptors (Lipinski definition) is 2. The maximum Gasteiger partial charge on any atom is 0.306 e.